The summed E-state index contributed by atoms with van der Waals surface area (Å²) >= 11 is 13.7. The molecule has 0 bridgehead atoms. The molecule has 0 spiro atoms. The topological polar surface area (TPSA) is 111 Å². The van der Waals surface area contributed by atoms with Crippen molar-refractivity contribution in [2.24, 2.45) is 17.8 Å². The van der Waals surface area contributed by atoms with Gasteiger partial charge in [0, 0.05) is 81.3 Å². The molecule has 0 aliphatic carbocycles. The van der Waals surface area contributed by atoms with Gasteiger partial charge in [0.25, 0.3) is 5.91 Å². The van der Waals surface area contributed by atoms with Crippen molar-refractivity contribution in [3.05, 3.63) is 104 Å². The maximum absolute atomic E-state index is 13.2. The van der Waals surface area contributed by atoms with Gasteiger partial charge in [-0.3, -0.25) is 4.79 Å². The molecule has 3 aromatic carbocycles. The number of benzene rings is 3. The molecule has 272 valence electrons. The molecule has 2 unspecified atom stereocenters. The summed E-state index contributed by atoms with van der Waals surface area (Å²) in [5, 5.41) is 5.83. The Morgan fingerprint density at radius 2 is 1.71 bits per heavy atom. The van der Waals surface area contributed by atoms with E-state index in [1.807, 2.05) is 78.2 Å². The Morgan fingerprint density at radius 1 is 1.02 bits per heavy atom. The second kappa shape index (κ2) is 15.3. The number of ether oxygens (including phenoxy) is 1. The number of amides is 1. The molecule has 1 aliphatic heterocycles. The molecule has 0 saturated carbocycles. The van der Waals surface area contributed by atoms with E-state index in [2.05, 4.69) is 48.9 Å². The molecule has 0 fully saturated rings. The number of nitrogens with one attached hydrogen (secondary N) is 1. The quantitative estimate of drug-likeness (QED) is 0.0792. The summed E-state index contributed by atoms with van der Waals surface area (Å²) in [4.78, 5) is 28.9. The molecule has 0 saturated heterocycles. The first-order valence-electron chi connectivity index (χ1n) is 17.7. The summed E-state index contributed by atoms with van der Waals surface area (Å²) in [6, 6.07) is 13.9. The maximum Gasteiger partial charge on any atom is 0.278 e. The number of nitrogens with two attached hydrogens (primary N) is 1. The number of hydrogen-bond acceptors (Lipinski definition) is 6. The van der Waals surface area contributed by atoms with E-state index in [-0.39, 0.29) is 29.7 Å². The lowest BCUT2D eigenvalue weighted by atomic mass is 9.85. The lowest BCUT2D eigenvalue weighted by Crippen LogP contribution is -2.41. The van der Waals surface area contributed by atoms with Crippen LogP contribution in [0.4, 0.5) is 5.69 Å². The lowest BCUT2D eigenvalue weighted by molar-refractivity contribution is 0.100. The second-order valence-electron chi connectivity index (χ2n) is 14.0. The average Bonchev–Trinajstić information content (AvgIpc) is 3.59. The first kappa shape index (κ1) is 37.3. The number of hydrogen-bond donors (Lipinski definition) is 2. The van der Waals surface area contributed by atoms with Crippen LogP contribution in [-0.4, -0.2) is 52.5 Å². The Morgan fingerprint density at radius 3 is 2.37 bits per heavy atom. The zero-order valence-corrected chi connectivity index (χ0v) is 32.7. The summed E-state index contributed by atoms with van der Waals surface area (Å²) in [7, 11) is 4.03. The summed E-state index contributed by atoms with van der Waals surface area (Å²) in [6.07, 6.45) is 5.45. The van der Waals surface area contributed by atoms with Crippen LogP contribution < -0.4 is 20.7 Å². The minimum absolute atomic E-state index is 0.0574. The van der Waals surface area contributed by atoms with Crippen molar-refractivity contribution in [1.29, 1.82) is 0 Å². The molecule has 3 N–H and O–H groups in total. The smallest absolute Gasteiger partial charge is 0.278 e. The number of carbonyl (C=O) groups is 1. The van der Waals surface area contributed by atoms with Gasteiger partial charge in [-0.05, 0) is 115 Å². The van der Waals surface area contributed by atoms with Gasteiger partial charge in [-0.25, -0.2) is 9.97 Å². The highest BCUT2D eigenvalue weighted by atomic mass is 35.5. The normalized spacial score (nSPS) is 16.4. The van der Waals surface area contributed by atoms with Gasteiger partial charge in [-0.2, -0.15) is 4.99 Å². The molecule has 0 radical (unpaired) electrons. The summed E-state index contributed by atoms with van der Waals surface area (Å²) in [6.45, 7) is 13.2. The third-order valence-electron chi connectivity index (χ3n) is 10.1. The van der Waals surface area contributed by atoms with Crippen molar-refractivity contribution in [3.63, 3.8) is 0 Å². The molecule has 5 aromatic rings. The van der Waals surface area contributed by atoms with Crippen LogP contribution in [0.25, 0.3) is 22.0 Å². The number of aromatic nitrogens is 3. The van der Waals surface area contributed by atoms with Crippen LogP contribution >= 0.6 is 23.2 Å². The Bertz CT molecular complexity index is 2150. The highest BCUT2D eigenvalue weighted by Crippen LogP contribution is 2.58. The van der Waals surface area contributed by atoms with E-state index in [4.69, 9.17) is 33.7 Å². The number of anilines is 1. The molecule has 11 heteroatoms. The molecule has 52 heavy (non-hydrogen) atoms. The third kappa shape index (κ3) is 7.01. The molecule has 6 rings (SSSR count). The maximum atomic E-state index is 13.2. The van der Waals surface area contributed by atoms with Crippen molar-refractivity contribution in [2.45, 2.75) is 72.4 Å². The van der Waals surface area contributed by atoms with Crippen LogP contribution in [0.3, 0.4) is 0 Å². The minimum atomic E-state index is -0.364. The number of fused-ring (bicyclic) bond motifs is 2. The van der Waals surface area contributed by atoms with Crippen molar-refractivity contribution in [1.82, 2.24) is 19.9 Å². The number of amidine groups is 1. The van der Waals surface area contributed by atoms with Gasteiger partial charge in [0.2, 0.25) is 0 Å². The van der Waals surface area contributed by atoms with Crippen molar-refractivity contribution >= 4 is 51.5 Å². The van der Waals surface area contributed by atoms with Crippen LogP contribution in [0.15, 0.2) is 60.0 Å². The average molecular weight is 741 g/mol. The third-order valence-corrected chi connectivity index (χ3v) is 11.1. The van der Waals surface area contributed by atoms with Crippen molar-refractivity contribution in [3.8, 4) is 16.9 Å². The fourth-order valence-corrected chi connectivity index (χ4v) is 8.28. The van der Waals surface area contributed by atoms with E-state index >= 15 is 0 Å². The number of nitrogens with zero attached hydrogens (tertiary/aromatic N) is 5. The van der Waals surface area contributed by atoms with Crippen LogP contribution in [0.1, 0.15) is 82.6 Å². The van der Waals surface area contributed by atoms with Crippen molar-refractivity contribution in [2.75, 3.05) is 25.1 Å². The van der Waals surface area contributed by atoms with Gasteiger partial charge >= 0.3 is 0 Å². The Balaban J connectivity index is 1.53. The fourth-order valence-electron chi connectivity index (χ4n) is 7.92. The number of likely N-dealkylation sites (N-methyl/N-ethyl adjacent to an activating group) is 1. The standard InChI is InChI=1S/C41H47Cl2N7O2/c1-22-16-29(17-23(2)38(22)43)52-15-9-10-30-31-12-13-34(42)37(36-25(4)46-21-47-26(36)5)40(31)50(24(3)19-45-7)39(30)33-20-49(8)35-14-11-28(18-32(33)35)41(51)48-27(6)44/h11-14,16-18,20-21,24,30,39,45H,9-10,15,19H2,1-8H3,(H2,44,48,51)/t24-,30?,39?/m1/s1. The number of rotatable bonds is 11. The van der Waals surface area contributed by atoms with Gasteiger partial charge in [-0.1, -0.05) is 29.3 Å². The molecule has 9 nitrogen and oxygen atoms in total. The number of aliphatic imine (C=N–C) groups is 1. The van der Waals surface area contributed by atoms with Gasteiger partial charge < -0.3 is 25.3 Å². The first-order valence-corrected chi connectivity index (χ1v) is 18.4. The molecule has 1 aliphatic rings. The Labute approximate surface area is 316 Å². The van der Waals surface area contributed by atoms with Gasteiger partial charge in [0.05, 0.1) is 23.4 Å². The zero-order chi connectivity index (χ0) is 37.4. The lowest BCUT2D eigenvalue weighted by Gasteiger charge is -2.37. The largest absolute Gasteiger partial charge is 0.494 e. The van der Waals surface area contributed by atoms with E-state index in [0.29, 0.717) is 17.2 Å². The second-order valence-corrected chi connectivity index (χ2v) is 14.8. The van der Waals surface area contributed by atoms with Gasteiger partial charge in [0.1, 0.15) is 17.9 Å². The number of halogens is 2. The number of carbonyl (C=O) groups excluding carboxylic acids is 1. The van der Waals surface area contributed by atoms with Crippen LogP contribution in [-0.2, 0) is 7.05 Å². The summed E-state index contributed by atoms with van der Waals surface area (Å²) < 4.78 is 8.47. The molecule has 1 amide bonds. The van der Waals surface area contributed by atoms with Crippen LogP contribution in [0, 0.1) is 27.7 Å². The van der Waals surface area contributed by atoms with Crippen LogP contribution in [0.5, 0.6) is 5.75 Å². The molecular formula is C41H47Cl2N7O2. The predicted molar refractivity (Wildman–Crippen MR) is 214 cm³/mol. The molecular weight excluding hydrogens is 693 g/mol. The van der Waals surface area contributed by atoms with E-state index in [9.17, 15) is 4.79 Å². The van der Waals surface area contributed by atoms with Crippen LogP contribution in [0.2, 0.25) is 10.0 Å². The highest BCUT2D eigenvalue weighted by Gasteiger charge is 2.44. The van der Waals surface area contributed by atoms with Gasteiger partial charge in [0.15, 0.2) is 0 Å². The Kier molecular flexibility index (Phi) is 11.0. The monoisotopic (exact) mass is 739 g/mol. The highest BCUT2D eigenvalue weighted by molar-refractivity contribution is 6.34. The SMILES string of the molecule is CNC[C@@H](C)N1c2c(ccc(Cl)c2-c2c(C)ncnc2C)C(CCCOc2cc(C)c(Cl)c(C)c2)C1c1cn(C)c2ccc(C(=O)N=C(C)N)cc12. The molecule has 2 aromatic heterocycles. The number of aryl methyl sites for hydroxylation is 5. The summed E-state index contributed by atoms with van der Waals surface area (Å²) in [5.41, 5.74) is 16.4. The molecule has 3 heterocycles. The molecule has 3 atom stereocenters. The Hall–Kier alpha value is -4.44. The van der Waals surface area contributed by atoms with Gasteiger partial charge in [-0.15, -0.1) is 0 Å². The van der Waals surface area contributed by atoms with E-state index < -0.39 is 0 Å². The zero-order valence-electron chi connectivity index (χ0n) is 31.1. The van der Waals surface area contributed by atoms with E-state index in [1.54, 1.807) is 13.3 Å². The fraction of sp³-hybridized carbons (Fsp3) is 0.366. The van der Waals surface area contributed by atoms with Crippen molar-refractivity contribution < 1.29 is 9.53 Å². The minimum Gasteiger partial charge on any atom is -0.494 e. The van der Waals surface area contributed by atoms with E-state index in [0.717, 1.165) is 86.0 Å². The summed E-state index contributed by atoms with van der Waals surface area (Å²) in [5.74, 6) is 0.736. The van der Waals surface area contributed by atoms with E-state index in [1.165, 1.54) is 5.56 Å². The first-order chi connectivity index (χ1) is 24.8. The predicted octanol–water partition coefficient (Wildman–Crippen LogP) is 8.81.